The van der Waals surface area contributed by atoms with Crippen LogP contribution >= 0.6 is 11.6 Å². The first kappa shape index (κ1) is 11.5. The van der Waals surface area contributed by atoms with Crippen LogP contribution in [0.5, 0.6) is 0 Å². The van der Waals surface area contributed by atoms with Crippen LogP contribution in [-0.4, -0.2) is 24.6 Å². The highest BCUT2D eigenvalue weighted by molar-refractivity contribution is 7.94. The van der Waals surface area contributed by atoms with E-state index in [1.807, 2.05) is 0 Å². The summed E-state index contributed by atoms with van der Waals surface area (Å²) >= 11 is 5.59. The number of nitrogens with zero attached hydrogens (tertiary/aromatic N) is 1. The third-order valence-corrected chi connectivity index (χ3v) is 6.92. The summed E-state index contributed by atoms with van der Waals surface area (Å²) in [6.45, 7) is 4.11. The Hall–Kier alpha value is -0.550. The Bertz CT molecular complexity index is 549. The van der Waals surface area contributed by atoms with Gasteiger partial charge in [-0.05, 0) is 24.2 Å². The Morgan fingerprint density at radius 1 is 1.35 bits per heavy atom. The van der Waals surface area contributed by atoms with Crippen molar-refractivity contribution in [3.63, 3.8) is 0 Å². The fraction of sp³-hybridized carbons (Fsp3) is 0.727. The lowest BCUT2D eigenvalue weighted by Gasteiger charge is -2.29. The molecule has 0 saturated heterocycles. The number of carbonyl (C=O) groups excluding carboxylic acids is 1. The molecule has 2 unspecified atom stereocenters. The van der Waals surface area contributed by atoms with Crippen LogP contribution in [0, 0.1) is 17.3 Å². The van der Waals surface area contributed by atoms with Crippen molar-refractivity contribution in [1.29, 1.82) is 0 Å². The van der Waals surface area contributed by atoms with Crippen molar-refractivity contribution in [2.45, 2.75) is 26.7 Å². The predicted molar refractivity (Wildman–Crippen MR) is 63.5 cm³/mol. The van der Waals surface area contributed by atoms with E-state index in [4.69, 9.17) is 11.6 Å². The first-order valence-corrected chi connectivity index (χ1v) is 7.68. The minimum atomic E-state index is -3.63. The van der Waals surface area contributed by atoms with Gasteiger partial charge in [-0.15, -0.1) is 11.6 Å². The molecule has 3 aliphatic rings. The highest BCUT2D eigenvalue weighted by atomic mass is 35.5. The van der Waals surface area contributed by atoms with Gasteiger partial charge in [-0.3, -0.25) is 4.79 Å². The number of alkyl halides is 1. The van der Waals surface area contributed by atoms with Crippen LogP contribution in [0.4, 0.5) is 0 Å². The molecule has 0 N–H and O–H groups in total. The maximum absolute atomic E-state index is 12.3. The largest absolute Gasteiger partial charge is 0.268 e. The Kier molecular flexibility index (Phi) is 2.08. The lowest BCUT2D eigenvalue weighted by molar-refractivity contribution is -0.122. The van der Waals surface area contributed by atoms with E-state index in [0.29, 0.717) is 10.5 Å². The van der Waals surface area contributed by atoms with Crippen molar-refractivity contribution in [2.75, 3.05) is 6.00 Å². The number of allylic oxidation sites excluding steroid dienone is 1. The first-order valence-electron chi connectivity index (χ1n) is 5.70. The molecule has 1 aliphatic heterocycles. The molecular formula is C11H14ClNO3S. The van der Waals surface area contributed by atoms with E-state index in [1.54, 1.807) is 0 Å². The fourth-order valence-electron chi connectivity index (χ4n) is 3.72. The zero-order valence-electron chi connectivity index (χ0n) is 9.73. The number of hydrogen-bond acceptors (Lipinski definition) is 3. The topological polar surface area (TPSA) is 54.5 Å². The molecule has 0 aromatic heterocycles. The quantitative estimate of drug-likeness (QED) is 0.540. The summed E-state index contributed by atoms with van der Waals surface area (Å²) in [5, 5.41) is 0. The van der Waals surface area contributed by atoms with Crippen LogP contribution < -0.4 is 0 Å². The first-order chi connectivity index (χ1) is 7.83. The third kappa shape index (κ3) is 1.10. The summed E-state index contributed by atoms with van der Waals surface area (Å²) in [5.74, 6) is -0.321. The number of halogens is 1. The molecule has 0 aromatic carbocycles. The Morgan fingerprint density at radius 3 is 2.47 bits per heavy atom. The number of amides is 1. The van der Waals surface area contributed by atoms with E-state index in [1.165, 1.54) is 0 Å². The van der Waals surface area contributed by atoms with Crippen molar-refractivity contribution < 1.29 is 13.2 Å². The van der Waals surface area contributed by atoms with Crippen LogP contribution in [0.1, 0.15) is 26.7 Å². The van der Waals surface area contributed by atoms with Crippen LogP contribution in [0.15, 0.2) is 10.5 Å². The van der Waals surface area contributed by atoms with E-state index in [9.17, 15) is 13.2 Å². The lowest BCUT2D eigenvalue weighted by atomic mass is 9.79. The standard InChI is InChI=1S/C11H14ClNO3S/c1-11(2)6-3-4-7(11)9-8(6)10(14)13(5-12)17(9,15)16/h6-7H,3-5H2,1-2H3. The molecule has 0 aromatic rings. The summed E-state index contributed by atoms with van der Waals surface area (Å²) in [6, 6.07) is -0.284. The van der Waals surface area contributed by atoms with E-state index < -0.39 is 15.9 Å². The van der Waals surface area contributed by atoms with Gasteiger partial charge in [0.05, 0.1) is 4.91 Å². The van der Waals surface area contributed by atoms with Gasteiger partial charge < -0.3 is 0 Å². The molecule has 94 valence electrons. The smallest absolute Gasteiger partial charge is 0.266 e. The highest BCUT2D eigenvalue weighted by Gasteiger charge is 2.63. The summed E-state index contributed by atoms with van der Waals surface area (Å²) in [4.78, 5) is 12.5. The van der Waals surface area contributed by atoms with Gasteiger partial charge in [0.25, 0.3) is 15.9 Å². The minimum Gasteiger partial charge on any atom is -0.268 e. The SMILES string of the molecule is CC1(C)C2CCC1C1=C2C(=O)N(CCl)S1(=O)=O. The summed E-state index contributed by atoms with van der Waals surface area (Å²) in [6.07, 6.45) is 1.77. The van der Waals surface area contributed by atoms with Crippen LogP contribution in [0.25, 0.3) is 0 Å². The summed E-state index contributed by atoms with van der Waals surface area (Å²) in [5.41, 5.74) is 0.415. The molecule has 1 fully saturated rings. The number of fused-ring (bicyclic) bond motifs is 4. The predicted octanol–water partition coefficient (Wildman–Crippen LogP) is 1.67. The normalized spacial score (nSPS) is 36.9. The monoisotopic (exact) mass is 275 g/mol. The van der Waals surface area contributed by atoms with Crippen molar-refractivity contribution in [3.8, 4) is 0 Å². The average molecular weight is 276 g/mol. The second-order valence-corrected chi connectivity index (χ2v) is 7.63. The van der Waals surface area contributed by atoms with Gasteiger partial charge in [-0.25, -0.2) is 12.7 Å². The zero-order valence-corrected chi connectivity index (χ0v) is 11.3. The molecule has 2 aliphatic carbocycles. The second kappa shape index (κ2) is 3.06. The number of rotatable bonds is 1. The molecule has 1 saturated carbocycles. The van der Waals surface area contributed by atoms with E-state index >= 15 is 0 Å². The van der Waals surface area contributed by atoms with Gasteiger partial charge in [-0.2, -0.15) is 0 Å². The van der Waals surface area contributed by atoms with Crippen molar-refractivity contribution in [1.82, 2.24) is 4.31 Å². The molecule has 1 heterocycles. The maximum Gasteiger partial charge on any atom is 0.266 e. The fourth-order valence-corrected chi connectivity index (χ4v) is 6.18. The van der Waals surface area contributed by atoms with Gasteiger partial charge in [-0.1, -0.05) is 13.8 Å². The Balaban J connectivity index is 2.21. The van der Waals surface area contributed by atoms with Crippen LogP contribution in [0.3, 0.4) is 0 Å². The van der Waals surface area contributed by atoms with Crippen molar-refractivity contribution >= 4 is 27.5 Å². The highest BCUT2D eigenvalue weighted by Crippen LogP contribution is 2.63. The third-order valence-electron chi connectivity index (χ3n) is 4.60. The molecule has 3 rings (SSSR count). The minimum absolute atomic E-state index is 0.00957. The number of sulfonamides is 1. The molecule has 2 atom stereocenters. The van der Waals surface area contributed by atoms with Gasteiger partial charge in [0, 0.05) is 11.5 Å². The summed E-state index contributed by atoms with van der Waals surface area (Å²) in [7, 11) is -3.63. The van der Waals surface area contributed by atoms with Gasteiger partial charge in [0.2, 0.25) is 0 Å². The summed E-state index contributed by atoms with van der Waals surface area (Å²) < 4.78 is 25.3. The average Bonchev–Trinajstić information content (AvgIpc) is 2.72. The van der Waals surface area contributed by atoms with Crippen LogP contribution in [-0.2, 0) is 14.8 Å². The van der Waals surface area contributed by atoms with E-state index in [-0.39, 0.29) is 23.3 Å². The Labute approximate surface area is 106 Å². The van der Waals surface area contributed by atoms with Crippen molar-refractivity contribution in [2.24, 2.45) is 17.3 Å². The molecule has 17 heavy (non-hydrogen) atoms. The maximum atomic E-state index is 12.3. The molecule has 0 radical (unpaired) electrons. The van der Waals surface area contributed by atoms with E-state index in [0.717, 1.165) is 17.1 Å². The number of hydrogen-bond donors (Lipinski definition) is 0. The molecule has 4 nitrogen and oxygen atoms in total. The van der Waals surface area contributed by atoms with Gasteiger partial charge in [0.15, 0.2) is 0 Å². The van der Waals surface area contributed by atoms with Crippen LogP contribution in [0.2, 0.25) is 0 Å². The molecule has 0 spiro atoms. The van der Waals surface area contributed by atoms with Gasteiger partial charge in [0.1, 0.15) is 6.00 Å². The molecule has 1 amide bonds. The molecular weight excluding hydrogens is 262 g/mol. The zero-order chi connectivity index (χ0) is 12.6. The Morgan fingerprint density at radius 2 is 1.94 bits per heavy atom. The molecule has 2 bridgehead atoms. The number of carbonyl (C=O) groups is 1. The van der Waals surface area contributed by atoms with E-state index in [2.05, 4.69) is 13.8 Å². The second-order valence-electron chi connectivity index (χ2n) is 5.56. The van der Waals surface area contributed by atoms with Crippen molar-refractivity contribution in [3.05, 3.63) is 10.5 Å². The lowest BCUT2D eigenvalue weighted by Crippen LogP contribution is -2.36. The van der Waals surface area contributed by atoms with Gasteiger partial charge >= 0.3 is 0 Å². The molecule has 6 heteroatoms.